The van der Waals surface area contributed by atoms with Crippen LogP contribution < -0.4 is 9.64 Å². The van der Waals surface area contributed by atoms with Gasteiger partial charge in [0.1, 0.15) is 17.6 Å². The minimum absolute atomic E-state index is 0.0178. The van der Waals surface area contributed by atoms with Crippen LogP contribution in [0.2, 0.25) is 0 Å². The molecular weight excluding hydrogens is 404 g/mol. The fraction of sp³-hybridized carbons (Fsp3) is 0.192. The molecule has 1 N–H and O–H groups in total. The Morgan fingerprint density at radius 3 is 2.59 bits per heavy atom. The van der Waals surface area contributed by atoms with Crippen molar-refractivity contribution in [3.05, 3.63) is 94.8 Å². The monoisotopic (exact) mass is 428 g/mol. The minimum Gasteiger partial charge on any atom is -0.507 e. The number of nitrogens with zero attached hydrogens (tertiary/aromatic N) is 2. The number of amides is 1. The lowest BCUT2D eigenvalue weighted by Gasteiger charge is -2.25. The third kappa shape index (κ3) is 3.75. The van der Waals surface area contributed by atoms with Crippen LogP contribution >= 0.6 is 0 Å². The van der Waals surface area contributed by atoms with E-state index >= 15 is 0 Å². The second kappa shape index (κ2) is 8.67. The number of aryl methyl sites for hydroxylation is 2. The molecule has 3 aromatic rings. The molecule has 4 rings (SSSR count). The average molecular weight is 428 g/mol. The van der Waals surface area contributed by atoms with Gasteiger partial charge >= 0.3 is 0 Å². The summed E-state index contributed by atoms with van der Waals surface area (Å²) in [5.41, 5.74) is 3.26. The molecule has 0 radical (unpaired) electrons. The molecular formula is C26H24N2O4. The highest BCUT2D eigenvalue weighted by Gasteiger charge is 2.47. The van der Waals surface area contributed by atoms with Crippen LogP contribution in [0.4, 0.5) is 5.69 Å². The molecule has 162 valence electrons. The van der Waals surface area contributed by atoms with Gasteiger partial charge in [0, 0.05) is 23.5 Å². The predicted molar refractivity (Wildman–Crippen MR) is 123 cm³/mol. The topological polar surface area (TPSA) is 79.7 Å². The van der Waals surface area contributed by atoms with Crippen molar-refractivity contribution in [3.8, 4) is 5.75 Å². The summed E-state index contributed by atoms with van der Waals surface area (Å²) in [6.07, 6.45) is 1.60. The summed E-state index contributed by atoms with van der Waals surface area (Å²) in [7, 11) is 0. The van der Waals surface area contributed by atoms with Gasteiger partial charge < -0.3 is 9.84 Å². The number of pyridine rings is 1. The molecule has 1 saturated heterocycles. The summed E-state index contributed by atoms with van der Waals surface area (Å²) < 4.78 is 5.58. The fourth-order valence-electron chi connectivity index (χ4n) is 3.94. The van der Waals surface area contributed by atoms with E-state index in [4.69, 9.17) is 4.74 Å². The van der Waals surface area contributed by atoms with E-state index in [-0.39, 0.29) is 11.3 Å². The maximum atomic E-state index is 13.2. The maximum absolute atomic E-state index is 13.2. The standard InChI is InChI=1S/C26H24N2O4/c1-4-32-19-9-7-8-18(15-19)28-23(21-10-5-6-13-27-21)22(25(30)26(28)31)24(29)20-14-16(2)11-12-17(20)3/h5-15,23,29H,4H2,1-3H3/b24-22+. The highest BCUT2D eigenvalue weighted by molar-refractivity contribution is 6.51. The molecule has 32 heavy (non-hydrogen) atoms. The lowest BCUT2D eigenvalue weighted by Crippen LogP contribution is -2.29. The number of aliphatic hydroxyl groups is 1. The maximum Gasteiger partial charge on any atom is 0.300 e. The van der Waals surface area contributed by atoms with Crippen molar-refractivity contribution in [1.82, 2.24) is 4.98 Å². The Bertz CT molecular complexity index is 1220. The van der Waals surface area contributed by atoms with Gasteiger partial charge in [0.25, 0.3) is 11.7 Å². The van der Waals surface area contributed by atoms with Crippen molar-refractivity contribution < 1.29 is 19.4 Å². The van der Waals surface area contributed by atoms with Crippen LogP contribution in [-0.4, -0.2) is 28.4 Å². The van der Waals surface area contributed by atoms with Gasteiger partial charge in [-0.1, -0.05) is 29.8 Å². The van der Waals surface area contributed by atoms with Crippen LogP contribution in [0.3, 0.4) is 0 Å². The third-order valence-corrected chi connectivity index (χ3v) is 5.47. The SMILES string of the molecule is CCOc1cccc(N2C(=O)C(=O)/C(=C(/O)c3cc(C)ccc3C)C2c2ccccn2)c1. The zero-order valence-electron chi connectivity index (χ0n) is 18.2. The highest BCUT2D eigenvalue weighted by atomic mass is 16.5. The molecule has 6 heteroatoms. The number of Topliss-reactive ketones (excluding diaryl/α,β-unsaturated/α-hetero) is 1. The van der Waals surface area contributed by atoms with Gasteiger partial charge in [-0.2, -0.15) is 0 Å². The van der Waals surface area contributed by atoms with Gasteiger partial charge in [-0.3, -0.25) is 19.5 Å². The van der Waals surface area contributed by atoms with Crippen molar-refractivity contribution in [3.63, 3.8) is 0 Å². The molecule has 1 fully saturated rings. The smallest absolute Gasteiger partial charge is 0.300 e. The van der Waals surface area contributed by atoms with E-state index in [1.54, 1.807) is 48.7 Å². The largest absolute Gasteiger partial charge is 0.507 e. The molecule has 0 bridgehead atoms. The first kappa shape index (κ1) is 21.3. The first-order valence-corrected chi connectivity index (χ1v) is 10.4. The van der Waals surface area contributed by atoms with Crippen LogP contribution in [0, 0.1) is 13.8 Å². The number of anilines is 1. The van der Waals surface area contributed by atoms with E-state index in [1.807, 2.05) is 39.0 Å². The Balaban J connectivity index is 1.94. The van der Waals surface area contributed by atoms with Crippen LogP contribution in [0.15, 0.2) is 72.4 Å². The zero-order chi connectivity index (χ0) is 22.8. The molecule has 0 aliphatic carbocycles. The summed E-state index contributed by atoms with van der Waals surface area (Å²) in [6.45, 7) is 6.10. The molecule has 1 aliphatic heterocycles. The normalized spacial score (nSPS) is 17.6. The number of aliphatic hydroxyl groups excluding tert-OH is 1. The Kier molecular flexibility index (Phi) is 5.77. The molecule has 1 atom stereocenters. The number of ketones is 1. The van der Waals surface area contributed by atoms with Crippen LogP contribution in [-0.2, 0) is 9.59 Å². The van der Waals surface area contributed by atoms with Gasteiger partial charge in [-0.25, -0.2) is 0 Å². The van der Waals surface area contributed by atoms with Gasteiger partial charge in [0.05, 0.1) is 17.9 Å². The minimum atomic E-state index is -0.868. The van der Waals surface area contributed by atoms with Crippen LogP contribution in [0.25, 0.3) is 5.76 Å². The van der Waals surface area contributed by atoms with Gasteiger partial charge in [-0.05, 0) is 56.7 Å². The molecule has 6 nitrogen and oxygen atoms in total. The van der Waals surface area contributed by atoms with E-state index < -0.39 is 17.7 Å². The summed E-state index contributed by atoms with van der Waals surface area (Å²) in [5.74, 6) is -1.09. The first-order chi connectivity index (χ1) is 15.4. The summed E-state index contributed by atoms with van der Waals surface area (Å²) in [4.78, 5) is 32.2. The quantitative estimate of drug-likeness (QED) is 0.361. The molecule has 2 heterocycles. The van der Waals surface area contributed by atoms with Gasteiger partial charge in [0.15, 0.2) is 0 Å². The van der Waals surface area contributed by atoms with E-state index in [0.717, 1.165) is 11.1 Å². The lowest BCUT2D eigenvalue weighted by atomic mass is 9.95. The number of ether oxygens (including phenoxy) is 1. The number of aromatic nitrogens is 1. The van der Waals surface area contributed by atoms with Crippen LogP contribution in [0.5, 0.6) is 5.75 Å². The van der Waals surface area contributed by atoms with Gasteiger partial charge in [0.2, 0.25) is 0 Å². The summed E-state index contributed by atoms with van der Waals surface area (Å²) in [6, 6.07) is 17.0. The number of rotatable bonds is 5. The van der Waals surface area contributed by atoms with Crippen molar-refractivity contribution in [2.24, 2.45) is 0 Å². The first-order valence-electron chi connectivity index (χ1n) is 10.4. The fourth-order valence-corrected chi connectivity index (χ4v) is 3.94. The van der Waals surface area contributed by atoms with E-state index in [0.29, 0.717) is 29.3 Å². The third-order valence-electron chi connectivity index (χ3n) is 5.47. The molecule has 2 aromatic carbocycles. The number of hydrogen-bond acceptors (Lipinski definition) is 5. The molecule has 1 aromatic heterocycles. The number of benzene rings is 2. The van der Waals surface area contributed by atoms with Crippen molar-refractivity contribution in [1.29, 1.82) is 0 Å². The van der Waals surface area contributed by atoms with E-state index in [2.05, 4.69) is 4.98 Å². The number of carbonyl (C=O) groups is 2. The zero-order valence-corrected chi connectivity index (χ0v) is 18.2. The number of carbonyl (C=O) groups excluding carboxylic acids is 2. The van der Waals surface area contributed by atoms with E-state index in [1.165, 1.54) is 4.90 Å². The van der Waals surface area contributed by atoms with Crippen molar-refractivity contribution in [2.75, 3.05) is 11.5 Å². The Hall–Kier alpha value is -3.93. The predicted octanol–water partition coefficient (Wildman–Crippen LogP) is 4.72. The Morgan fingerprint density at radius 1 is 1.06 bits per heavy atom. The molecule has 0 spiro atoms. The van der Waals surface area contributed by atoms with Crippen molar-refractivity contribution in [2.45, 2.75) is 26.8 Å². The van der Waals surface area contributed by atoms with Crippen LogP contribution in [0.1, 0.15) is 35.3 Å². The molecule has 0 saturated carbocycles. The Morgan fingerprint density at radius 2 is 1.88 bits per heavy atom. The Labute approximate surface area is 186 Å². The molecule has 1 amide bonds. The number of hydrogen-bond donors (Lipinski definition) is 1. The lowest BCUT2D eigenvalue weighted by molar-refractivity contribution is -0.132. The second-order valence-corrected chi connectivity index (χ2v) is 7.67. The summed E-state index contributed by atoms with van der Waals surface area (Å²) >= 11 is 0. The summed E-state index contributed by atoms with van der Waals surface area (Å²) in [5, 5.41) is 11.3. The van der Waals surface area contributed by atoms with E-state index in [9.17, 15) is 14.7 Å². The highest BCUT2D eigenvalue weighted by Crippen LogP contribution is 2.42. The van der Waals surface area contributed by atoms with Gasteiger partial charge in [-0.15, -0.1) is 0 Å². The molecule has 1 unspecified atom stereocenters. The van der Waals surface area contributed by atoms with Crippen molar-refractivity contribution >= 4 is 23.1 Å². The second-order valence-electron chi connectivity index (χ2n) is 7.67. The average Bonchev–Trinajstić information content (AvgIpc) is 3.06. The molecule has 1 aliphatic rings.